The molecule has 3 rings (SSSR count). The van der Waals surface area contributed by atoms with Crippen LogP contribution in [0.4, 0.5) is 5.13 Å². The topological polar surface area (TPSA) is 76.1 Å². The molecule has 0 unspecified atom stereocenters. The lowest BCUT2D eigenvalue weighted by Gasteiger charge is -2.04. The van der Waals surface area contributed by atoms with Gasteiger partial charge in [0.25, 0.3) is 0 Å². The zero-order valence-electron chi connectivity index (χ0n) is 14.1. The number of nitrogens with one attached hydrogen (secondary N) is 1. The Hall–Kier alpha value is -1.90. The molecule has 0 atom stereocenters. The first-order valence-electron chi connectivity index (χ1n) is 7.94. The van der Waals surface area contributed by atoms with E-state index in [1.54, 1.807) is 36.0 Å². The molecule has 1 heterocycles. The van der Waals surface area contributed by atoms with Crippen molar-refractivity contribution in [1.82, 2.24) is 4.98 Å². The molecule has 3 aromatic rings. The summed E-state index contributed by atoms with van der Waals surface area (Å²) in [6.07, 6.45) is 1.92. The average molecular weight is 407 g/mol. The Balaban J connectivity index is 1.58. The number of amides is 1. The monoisotopic (exact) mass is 406 g/mol. The highest BCUT2D eigenvalue weighted by molar-refractivity contribution is 7.98. The number of thiazole rings is 1. The predicted molar refractivity (Wildman–Crippen MR) is 109 cm³/mol. The lowest BCUT2D eigenvalue weighted by molar-refractivity contribution is -0.115. The van der Waals surface area contributed by atoms with Crippen molar-refractivity contribution in [1.29, 1.82) is 0 Å². The molecule has 26 heavy (non-hydrogen) atoms. The molecule has 0 saturated carbocycles. The number of carbonyl (C=O) groups excluding carboxylic acids is 1. The summed E-state index contributed by atoms with van der Waals surface area (Å²) in [5.41, 5.74) is 1.54. The Morgan fingerprint density at radius 2 is 1.96 bits per heavy atom. The van der Waals surface area contributed by atoms with Gasteiger partial charge in [-0.3, -0.25) is 4.79 Å². The lowest BCUT2D eigenvalue weighted by atomic mass is 10.2. The molecule has 0 saturated heterocycles. The van der Waals surface area contributed by atoms with Crippen LogP contribution < -0.4 is 5.32 Å². The zero-order chi connectivity index (χ0) is 18.6. The minimum atomic E-state index is -3.34. The van der Waals surface area contributed by atoms with E-state index in [1.165, 1.54) is 11.3 Å². The number of hydrogen-bond acceptors (Lipinski definition) is 6. The largest absolute Gasteiger partial charge is 0.302 e. The normalized spacial score (nSPS) is 11.6. The fraction of sp³-hybridized carbons (Fsp3) is 0.222. The van der Waals surface area contributed by atoms with Gasteiger partial charge in [-0.2, -0.15) is 0 Å². The molecule has 0 aliphatic carbocycles. The van der Waals surface area contributed by atoms with Crippen LogP contribution in [0, 0.1) is 0 Å². The Morgan fingerprint density at radius 3 is 2.69 bits per heavy atom. The van der Waals surface area contributed by atoms with Crippen LogP contribution in [0.5, 0.6) is 0 Å². The molecule has 1 aromatic heterocycles. The third kappa shape index (κ3) is 5.06. The van der Waals surface area contributed by atoms with E-state index in [4.69, 9.17) is 0 Å². The molecule has 5 nitrogen and oxygen atoms in total. The van der Waals surface area contributed by atoms with Crippen LogP contribution in [0.2, 0.25) is 0 Å². The van der Waals surface area contributed by atoms with E-state index in [0.29, 0.717) is 5.13 Å². The molecule has 0 fully saturated rings. The maximum Gasteiger partial charge on any atom is 0.227 e. The van der Waals surface area contributed by atoms with Crippen LogP contribution in [-0.2, 0) is 20.4 Å². The van der Waals surface area contributed by atoms with Gasteiger partial charge < -0.3 is 5.32 Å². The van der Waals surface area contributed by atoms with Crippen molar-refractivity contribution >= 4 is 54.2 Å². The number of thioether (sulfide) groups is 1. The van der Waals surface area contributed by atoms with Crippen LogP contribution in [0.1, 0.15) is 12.0 Å². The van der Waals surface area contributed by atoms with Gasteiger partial charge in [0, 0.05) is 11.3 Å². The van der Waals surface area contributed by atoms with Gasteiger partial charge in [-0.15, -0.1) is 11.8 Å². The van der Waals surface area contributed by atoms with Gasteiger partial charge in [0.1, 0.15) is 0 Å². The maximum atomic E-state index is 12.2. The van der Waals surface area contributed by atoms with Crippen LogP contribution in [0.3, 0.4) is 0 Å². The van der Waals surface area contributed by atoms with Gasteiger partial charge in [0.2, 0.25) is 5.91 Å². The summed E-state index contributed by atoms with van der Waals surface area (Å²) >= 11 is 3.03. The summed E-state index contributed by atoms with van der Waals surface area (Å²) in [6, 6.07) is 14.9. The molecule has 1 N–H and O–H groups in total. The van der Waals surface area contributed by atoms with Crippen LogP contribution in [-0.4, -0.2) is 31.3 Å². The molecular formula is C18H18N2O3S3. The average Bonchev–Trinajstić information content (AvgIpc) is 3.01. The number of carbonyl (C=O) groups is 1. The maximum absolute atomic E-state index is 12.2. The number of aromatic nitrogens is 1. The van der Waals surface area contributed by atoms with Gasteiger partial charge in [-0.1, -0.05) is 41.7 Å². The predicted octanol–water partition coefficient (Wildman–Crippen LogP) is 3.96. The van der Waals surface area contributed by atoms with E-state index in [-0.39, 0.29) is 23.8 Å². The van der Waals surface area contributed by atoms with Crippen molar-refractivity contribution in [3.05, 3.63) is 54.1 Å². The minimum absolute atomic E-state index is 0.0558. The smallest absolute Gasteiger partial charge is 0.227 e. The quantitative estimate of drug-likeness (QED) is 0.601. The second-order valence-electron chi connectivity index (χ2n) is 5.73. The molecule has 8 heteroatoms. The number of rotatable bonds is 7. The summed E-state index contributed by atoms with van der Waals surface area (Å²) in [7, 11) is -3.34. The third-order valence-electron chi connectivity index (χ3n) is 3.71. The number of benzene rings is 2. The SMILES string of the molecule is CSc1ccc2nc(NC(=O)CCS(=O)(=O)Cc3ccccc3)sc2c1. The first-order valence-corrected chi connectivity index (χ1v) is 11.8. The Morgan fingerprint density at radius 1 is 1.19 bits per heavy atom. The fourth-order valence-corrected chi connectivity index (χ4v) is 5.19. The number of hydrogen-bond donors (Lipinski definition) is 1. The summed E-state index contributed by atoms with van der Waals surface area (Å²) in [6.45, 7) is 0. The molecule has 0 bridgehead atoms. The lowest BCUT2D eigenvalue weighted by Crippen LogP contribution is -2.18. The number of anilines is 1. The number of sulfone groups is 1. The summed E-state index contributed by atoms with van der Waals surface area (Å²) in [5, 5.41) is 3.19. The van der Waals surface area contributed by atoms with Crippen LogP contribution in [0.25, 0.3) is 10.2 Å². The van der Waals surface area contributed by atoms with E-state index >= 15 is 0 Å². The van der Waals surface area contributed by atoms with Crippen molar-refractivity contribution in [2.75, 3.05) is 17.3 Å². The molecule has 2 aromatic carbocycles. The van der Waals surface area contributed by atoms with Crippen molar-refractivity contribution in [3.63, 3.8) is 0 Å². The Bertz CT molecular complexity index is 1010. The van der Waals surface area contributed by atoms with Crippen molar-refractivity contribution < 1.29 is 13.2 Å². The van der Waals surface area contributed by atoms with Crippen molar-refractivity contribution in [3.8, 4) is 0 Å². The molecule has 136 valence electrons. The van der Waals surface area contributed by atoms with Crippen LogP contribution >= 0.6 is 23.1 Å². The van der Waals surface area contributed by atoms with E-state index < -0.39 is 9.84 Å². The first kappa shape index (κ1) is 18.9. The standard InChI is InChI=1S/C18H18N2O3S3/c1-24-14-7-8-15-16(11-14)25-18(19-15)20-17(21)9-10-26(22,23)12-13-5-3-2-4-6-13/h2-8,11H,9-10,12H2,1H3,(H,19,20,21). The Kier molecular flexibility index (Phi) is 5.95. The number of nitrogens with zero attached hydrogens (tertiary/aromatic N) is 1. The molecule has 0 aliphatic heterocycles. The van der Waals surface area contributed by atoms with E-state index in [2.05, 4.69) is 10.3 Å². The highest BCUT2D eigenvalue weighted by Gasteiger charge is 2.15. The minimum Gasteiger partial charge on any atom is -0.302 e. The van der Waals surface area contributed by atoms with Gasteiger partial charge in [0.15, 0.2) is 15.0 Å². The summed E-state index contributed by atoms with van der Waals surface area (Å²) in [5.74, 6) is -0.583. The summed E-state index contributed by atoms with van der Waals surface area (Å²) in [4.78, 5) is 17.6. The molecular weight excluding hydrogens is 388 g/mol. The zero-order valence-corrected chi connectivity index (χ0v) is 16.6. The van der Waals surface area contributed by atoms with E-state index in [0.717, 1.165) is 20.7 Å². The molecule has 0 aliphatic rings. The van der Waals surface area contributed by atoms with Gasteiger partial charge in [-0.25, -0.2) is 13.4 Å². The fourth-order valence-electron chi connectivity index (χ4n) is 2.42. The molecule has 0 spiro atoms. The second-order valence-corrected chi connectivity index (χ2v) is 9.82. The molecule has 0 radical (unpaired) electrons. The summed E-state index contributed by atoms with van der Waals surface area (Å²) < 4.78 is 25.3. The van der Waals surface area contributed by atoms with Crippen molar-refractivity contribution in [2.45, 2.75) is 17.1 Å². The third-order valence-corrected chi connectivity index (χ3v) is 6.97. The first-order chi connectivity index (χ1) is 12.4. The van der Waals surface area contributed by atoms with Gasteiger partial charge >= 0.3 is 0 Å². The van der Waals surface area contributed by atoms with Crippen LogP contribution in [0.15, 0.2) is 53.4 Å². The second kappa shape index (κ2) is 8.20. The van der Waals surface area contributed by atoms with Gasteiger partial charge in [0.05, 0.1) is 21.7 Å². The highest BCUT2D eigenvalue weighted by atomic mass is 32.2. The Labute approximate surface area is 160 Å². The highest BCUT2D eigenvalue weighted by Crippen LogP contribution is 2.29. The van der Waals surface area contributed by atoms with E-state index in [1.807, 2.05) is 30.5 Å². The van der Waals surface area contributed by atoms with Crippen molar-refractivity contribution in [2.24, 2.45) is 0 Å². The molecule has 1 amide bonds. The van der Waals surface area contributed by atoms with E-state index in [9.17, 15) is 13.2 Å². The number of fused-ring (bicyclic) bond motifs is 1. The van der Waals surface area contributed by atoms with Gasteiger partial charge in [-0.05, 0) is 30.0 Å².